The molecular formula is C109H177F3N6O10. The summed E-state index contributed by atoms with van der Waals surface area (Å²) in [5, 5.41) is 2.74. The van der Waals surface area contributed by atoms with Gasteiger partial charge in [0.1, 0.15) is 17.9 Å². The van der Waals surface area contributed by atoms with Crippen LogP contribution in [0.4, 0.5) is 18.9 Å². The van der Waals surface area contributed by atoms with E-state index in [4.69, 9.17) is 28.4 Å². The lowest BCUT2D eigenvalue weighted by molar-refractivity contribution is -0.170. The number of hydrogen-bond donors (Lipinski definition) is 1. The Kier molecular flexibility index (Phi) is 66.6. The van der Waals surface area contributed by atoms with E-state index in [0.717, 1.165) is 62.5 Å². The van der Waals surface area contributed by atoms with E-state index in [-0.39, 0.29) is 54.2 Å². The van der Waals surface area contributed by atoms with Gasteiger partial charge in [-0.05, 0) is 91.8 Å². The molecule has 724 valence electrons. The topological polar surface area (TPSA) is 190 Å². The molecule has 0 radical (unpaired) electrons. The van der Waals surface area contributed by atoms with E-state index < -0.39 is 42.5 Å². The lowest BCUT2D eigenvalue weighted by Crippen LogP contribution is -2.42. The van der Waals surface area contributed by atoms with Gasteiger partial charge in [0, 0.05) is 30.5 Å². The van der Waals surface area contributed by atoms with Gasteiger partial charge in [-0.1, -0.05) is 425 Å². The van der Waals surface area contributed by atoms with Crippen LogP contribution in [0.1, 0.15) is 479 Å². The number of benzene rings is 3. The predicted octanol–water partition coefficient (Wildman–Crippen LogP) is 31.5. The first-order valence-electron chi connectivity index (χ1n) is 52.6. The Morgan fingerprint density at radius 2 is 0.688 bits per heavy atom. The lowest BCUT2D eigenvalue weighted by atomic mass is 10.0. The van der Waals surface area contributed by atoms with Crippen molar-refractivity contribution in [3.05, 3.63) is 102 Å². The second-order valence-corrected chi connectivity index (χ2v) is 36.7. The number of nitrogens with zero attached hydrogens (tertiary/aromatic N) is 5. The van der Waals surface area contributed by atoms with Crippen LogP contribution >= 0.6 is 0 Å². The van der Waals surface area contributed by atoms with Crippen LogP contribution in [-0.2, 0) is 43.2 Å². The Balaban J connectivity index is 1.21. The molecule has 2 aromatic heterocycles. The van der Waals surface area contributed by atoms with Gasteiger partial charge >= 0.3 is 24.0 Å². The predicted molar refractivity (Wildman–Crippen MR) is 522 cm³/mol. The molecule has 0 unspecified atom stereocenters. The Labute approximate surface area is 774 Å². The number of rotatable bonds is 87. The van der Waals surface area contributed by atoms with Crippen molar-refractivity contribution in [3.63, 3.8) is 0 Å². The Morgan fingerprint density at radius 1 is 0.367 bits per heavy atom. The minimum Gasteiger partial charge on any atom is -0.490 e. The largest absolute Gasteiger partial charge is 0.490 e. The van der Waals surface area contributed by atoms with E-state index in [1.54, 1.807) is 0 Å². The molecule has 0 aliphatic carbocycles. The van der Waals surface area contributed by atoms with Gasteiger partial charge in [0.05, 0.1) is 64.3 Å². The summed E-state index contributed by atoms with van der Waals surface area (Å²) in [4.78, 5) is 72.5. The van der Waals surface area contributed by atoms with Gasteiger partial charge in [-0.2, -0.15) is 13.2 Å². The Bertz CT molecular complexity index is 3550. The summed E-state index contributed by atoms with van der Waals surface area (Å²) < 4.78 is 80.5. The maximum Gasteiger partial charge on any atom is 0.471 e. The van der Waals surface area contributed by atoms with Crippen molar-refractivity contribution in [2.75, 3.05) is 44.5 Å². The molecule has 3 aromatic carbocycles. The highest BCUT2D eigenvalue weighted by Gasteiger charge is 2.43. The molecule has 0 aliphatic rings. The molecule has 0 aliphatic heterocycles. The SMILES string of the molecule is CCCCCCCCCCCCCCCCCCOc1ccc(CCOC(=O)CC[C@H](NC(=O)c2ccc(N(Cc3cnc4ncncc4n3)C(=O)C(F)(F)F)cc2)C(=O)OCCc2ccc(OCCCCCCCCCCCCCCCCCC)c(OCCCCCCCCCCCCCCCCCC)c2)cc1OCCCCCCCCCCCCCCCCCC. The van der Waals surface area contributed by atoms with Crippen LogP contribution in [0.15, 0.2) is 79.4 Å². The van der Waals surface area contributed by atoms with Crippen LogP contribution in [0.2, 0.25) is 0 Å². The van der Waals surface area contributed by atoms with Crippen LogP contribution in [-0.4, -0.2) is 95.5 Å². The van der Waals surface area contributed by atoms with Gasteiger partial charge in [-0.25, -0.2) is 24.7 Å². The Hall–Kier alpha value is -7.05. The third-order valence-electron chi connectivity index (χ3n) is 25.1. The third-order valence-corrected chi connectivity index (χ3v) is 25.1. The molecule has 19 heteroatoms. The summed E-state index contributed by atoms with van der Waals surface area (Å²) in [6.07, 6.45) is 81.4. The first-order chi connectivity index (χ1) is 62.8. The molecule has 0 spiro atoms. The lowest BCUT2D eigenvalue weighted by Gasteiger charge is -2.24. The normalized spacial score (nSPS) is 11.8. The van der Waals surface area contributed by atoms with E-state index in [2.05, 4.69) is 52.9 Å². The summed E-state index contributed by atoms with van der Waals surface area (Å²) in [6.45, 7) is 10.7. The number of carbonyl (C=O) groups is 4. The smallest absolute Gasteiger partial charge is 0.471 e. The van der Waals surface area contributed by atoms with Gasteiger partial charge in [-0.3, -0.25) is 19.3 Å². The number of halogens is 3. The number of hydrogen-bond acceptors (Lipinski definition) is 14. The fourth-order valence-electron chi connectivity index (χ4n) is 17.0. The standard InChI is InChI=1S/C109H177F3N6O10/c1-5-9-13-17-21-25-29-33-37-41-45-49-53-57-61-65-81-123-100-76-69-93(87-102(100)125-83-67-63-59-55-51-47-43-39-35-31-27-23-19-15-11-7-3)79-85-127-104(119)78-75-98(117-106(120)95-71-73-97(74-72-95)118(108(122)109(110,111)112)91-96-89-114-105-99(116-96)90-113-92-115-105)107(121)128-86-80-94-70-77-101(124-82-66-62-58-54-50-46-42-38-34-30-26-22-18-14-10-6-2)103(88-94)126-84-68-64-60-56-52-48-44-40-36-32-28-24-20-16-12-8-4/h69-74,76-77,87-90,92,98H,5-68,75,78-86,91H2,1-4H3,(H,117,120)/t98-/m0/s1. The van der Waals surface area contributed by atoms with Crippen molar-refractivity contribution in [2.24, 2.45) is 0 Å². The number of nitrogens with one attached hydrogen (secondary N) is 1. The molecule has 1 N–H and O–H groups in total. The van der Waals surface area contributed by atoms with E-state index in [1.807, 2.05) is 36.4 Å². The summed E-state index contributed by atoms with van der Waals surface area (Å²) in [5.41, 5.74) is 2.01. The fourth-order valence-corrected chi connectivity index (χ4v) is 17.0. The van der Waals surface area contributed by atoms with E-state index >= 15 is 0 Å². The van der Waals surface area contributed by atoms with Crippen LogP contribution in [0.3, 0.4) is 0 Å². The first-order valence-corrected chi connectivity index (χ1v) is 52.6. The average molecular weight is 1790 g/mol. The minimum absolute atomic E-state index is 0.0350. The van der Waals surface area contributed by atoms with Crippen LogP contribution in [0, 0.1) is 0 Å². The minimum atomic E-state index is -5.27. The number of alkyl halides is 3. The number of anilines is 1. The maximum absolute atomic E-state index is 14.4. The summed E-state index contributed by atoms with van der Waals surface area (Å²) in [6, 6.07) is 15.3. The maximum atomic E-state index is 14.4. The van der Waals surface area contributed by atoms with E-state index in [0.29, 0.717) is 67.2 Å². The zero-order valence-corrected chi connectivity index (χ0v) is 81.1. The van der Waals surface area contributed by atoms with Gasteiger partial charge in [-0.15, -0.1) is 0 Å². The molecule has 0 bridgehead atoms. The first kappa shape index (κ1) is 111. The molecule has 16 nitrogen and oxygen atoms in total. The van der Waals surface area contributed by atoms with Crippen molar-refractivity contribution in [1.82, 2.24) is 25.3 Å². The van der Waals surface area contributed by atoms with Crippen molar-refractivity contribution in [1.29, 1.82) is 0 Å². The molecule has 1 atom stereocenters. The van der Waals surface area contributed by atoms with Crippen LogP contribution in [0.25, 0.3) is 11.2 Å². The van der Waals surface area contributed by atoms with Crippen molar-refractivity contribution >= 4 is 40.6 Å². The number of carbonyl (C=O) groups excluding carboxylic acids is 4. The zero-order chi connectivity index (χ0) is 91.3. The van der Waals surface area contributed by atoms with E-state index in [1.165, 1.54) is 403 Å². The van der Waals surface area contributed by atoms with Gasteiger partial charge in [0.25, 0.3) is 5.91 Å². The number of ether oxygens (including phenoxy) is 6. The van der Waals surface area contributed by atoms with Gasteiger partial charge in [0.2, 0.25) is 0 Å². The van der Waals surface area contributed by atoms with Crippen molar-refractivity contribution < 1.29 is 60.8 Å². The average Bonchev–Trinajstić information content (AvgIpc) is 0.802. The van der Waals surface area contributed by atoms with Crippen molar-refractivity contribution in [3.8, 4) is 23.0 Å². The molecule has 2 amide bonds. The number of unbranched alkanes of at least 4 members (excludes halogenated alkanes) is 60. The number of aromatic nitrogens is 4. The van der Waals surface area contributed by atoms with Gasteiger partial charge in [0.15, 0.2) is 28.6 Å². The number of amides is 2. The highest BCUT2D eigenvalue weighted by Crippen LogP contribution is 2.33. The Morgan fingerprint density at radius 3 is 1.02 bits per heavy atom. The van der Waals surface area contributed by atoms with Gasteiger partial charge < -0.3 is 33.7 Å². The van der Waals surface area contributed by atoms with Crippen molar-refractivity contribution in [2.45, 2.75) is 483 Å². The van der Waals surface area contributed by atoms with Crippen LogP contribution in [0.5, 0.6) is 23.0 Å². The quantitative estimate of drug-likeness (QED) is 0.0286. The summed E-state index contributed by atoms with van der Waals surface area (Å²) >= 11 is 0. The highest BCUT2D eigenvalue weighted by molar-refractivity contribution is 5.99. The molecule has 0 saturated heterocycles. The monoisotopic (exact) mass is 1790 g/mol. The molecule has 128 heavy (non-hydrogen) atoms. The number of esters is 2. The molecule has 0 fully saturated rings. The fraction of sp³-hybridized carbons (Fsp3) is 0.743. The number of fused-ring (bicyclic) bond motifs is 1. The molecule has 5 rings (SSSR count). The van der Waals surface area contributed by atoms with E-state index in [9.17, 15) is 32.3 Å². The second kappa shape index (κ2) is 76.5. The zero-order valence-electron chi connectivity index (χ0n) is 81.1. The summed E-state index contributed by atoms with van der Waals surface area (Å²) in [5.74, 6) is -1.63. The molecular weight excluding hydrogens is 1610 g/mol. The highest BCUT2D eigenvalue weighted by atomic mass is 19.4. The molecule has 5 aromatic rings. The second-order valence-electron chi connectivity index (χ2n) is 36.7. The third kappa shape index (κ3) is 56.0. The summed E-state index contributed by atoms with van der Waals surface area (Å²) in [7, 11) is 0. The molecule has 0 saturated carbocycles. The van der Waals surface area contributed by atoms with Crippen LogP contribution < -0.4 is 29.2 Å². The molecule has 2 heterocycles.